The summed E-state index contributed by atoms with van der Waals surface area (Å²) in [5, 5.41) is 8.56. The van der Waals surface area contributed by atoms with Crippen LogP contribution in [0, 0.1) is 0 Å². The Morgan fingerprint density at radius 1 is 1.33 bits per heavy atom. The van der Waals surface area contributed by atoms with Gasteiger partial charge in [0.2, 0.25) is 10.0 Å². The van der Waals surface area contributed by atoms with Crippen molar-refractivity contribution >= 4 is 33.3 Å². The van der Waals surface area contributed by atoms with Crippen LogP contribution < -0.4 is 4.72 Å². The summed E-state index contributed by atoms with van der Waals surface area (Å²) in [6.45, 7) is 0. The molecule has 0 amide bonds. The van der Waals surface area contributed by atoms with Gasteiger partial charge < -0.3 is 5.11 Å². The normalized spacial score (nSPS) is 12.2. The van der Waals surface area contributed by atoms with Gasteiger partial charge in [-0.3, -0.25) is 4.72 Å². The summed E-state index contributed by atoms with van der Waals surface area (Å²) < 4.78 is 61.1. The molecule has 0 unspecified atom stereocenters. The van der Waals surface area contributed by atoms with E-state index in [-0.39, 0.29) is 16.3 Å². The van der Waals surface area contributed by atoms with E-state index < -0.39 is 40.8 Å². The third-order valence-corrected chi connectivity index (χ3v) is 4.02. The number of hydrogen-bond acceptors (Lipinski definition) is 3. The maximum Gasteiger partial charge on any atom is 0.389 e. The average Bonchev–Trinajstić information content (AvgIpc) is 2.29. The van der Waals surface area contributed by atoms with Gasteiger partial charge in [-0.25, -0.2) is 13.2 Å². The van der Waals surface area contributed by atoms with E-state index in [1.807, 2.05) is 4.72 Å². The standard InChI is InChI=1S/C11H11ClF3NO4S/c12-8-6-7(10(17)18)2-3-9(8)16-21(19,20)5-1-4-11(13,14)15/h2-3,6,16H,1,4-5H2,(H,17,18). The summed E-state index contributed by atoms with van der Waals surface area (Å²) >= 11 is 5.72. The van der Waals surface area contributed by atoms with Crippen molar-refractivity contribution in [2.45, 2.75) is 19.0 Å². The van der Waals surface area contributed by atoms with E-state index >= 15 is 0 Å². The summed E-state index contributed by atoms with van der Waals surface area (Å²) in [5.41, 5.74) is -0.228. The number of benzene rings is 1. The molecule has 0 atom stereocenters. The SMILES string of the molecule is O=C(O)c1ccc(NS(=O)(=O)CCCC(F)(F)F)c(Cl)c1. The lowest BCUT2D eigenvalue weighted by Gasteiger charge is -2.11. The first-order chi connectivity index (χ1) is 9.50. The lowest BCUT2D eigenvalue weighted by molar-refractivity contribution is -0.134. The minimum atomic E-state index is -4.42. The Hall–Kier alpha value is -1.48. The molecule has 0 fully saturated rings. The fraction of sp³-hybridized carbons (Fsp3) is 0.364. The monoisotopic (exact) mass is 345 g/mol. The van der Waals surface area contributed by atoms with Gasteiger partial charge in [0.15, 0.2) is 0 Å². The number of anilines is 1. The quantitative estimate of drug-likeness (QED) is 0.829. The van der Waals surface area contributed by atoms with E-state index in [0.717, 1.165) is 18.2 Å². The molecule has 0 radical (unpaired) electrons. The first kappa shape index (κ1) is 17.6. The van der Waals surface area contributed by atoms with E-state index in [0.29, 0.717) is 0 Å². The van der Waals surface area contributed by atoms with Crippen LogP contribution >= 0.6 is 11.6 Å². The molecular weight excluding hydrogens is 335 g/mol. The van der Waals surface area contributed by atoms with Crippen molar-refractivity contribution in [1.82, 2.24) is 0 Å². The Morgan fingerprint density at radius 3 is 2.43 bits per heavy atom. The number of aromatic carboxylic acids is 1. The van der Waals surface area contributed by atoms with Crippen LogP contribution in [0.2, 0.25) is 5.02 Å². The zero-order chi connectivity index (χ0) is 16.3. The molecule has 0 saturated heterocycles. The zero-order valence-electron chi connectivity index (χ0n) is 10.4. The number of carbonyl (C=O) groups is 1. The molecule has 0 aliphatic heterocycles. The van der Waals surface area contributed by atoms with E-state index in [2.05, 4.69) is 0 Å². The van der Waals surface area contributed by atoms with E-state index in [1.54, 1.807) is 0 Å². The van der Waals surface area contributed by atoms with Gasteiger partial charge in [0.05, 0.1) is 22.0 Å². The second-order valence-corrected chi connectivity index (χ2v) is 6.39. The van der Waals surface area contributed by atoms with Crippen LogP contribution in [0.15, 0.2) is 18.2 Å². The van der Waals surface area contributed by atoms with Crippen LogP contribution in [0.4, 0.5) is 18.9 Å². The first-order valence-corrected chi connectivity index (χ1v) is 7.63. The predicted molar refractivity (Wildman–Crippen MR) is 71.1 cm³/mol. The van der Waals surface area contributed by atoms with E-state index in [1.165, 1.54) is 0 Å². The highest BCUT2D eigenvalue weighted by molar-refractivity contribution is 7.92. The molecule has 0 aromatic heterocycles. The molecule has 21 heavy (non-hydrogen) atoms. The predicted octanol–water partition coefficient (Wildman–Crippen LogP) is 3.12. The van der Waals surface area contributed by atoms with E-state index in [9.17, 15) is 26.4 Å². The van der Waals surface area contributed by atoms with E-state index in [4.69, 9.17) is 16.7 Å². The summed E-state index contributed by atoms with van der Waals surface area (Å²) in [5.74, 6) is -1.96. The number of hydrogen-bond donors (Lipinski definition) is 2. The maximum atomic E-state index is 11.9. The Bertz CT molecular complexity index is 631. The number of halogens is 4. The number of nitrogens with one attached hydrogen (secondary N) is 1. The van der Waals surface area contributed by atoms with Crippen molar-refractivity contribution in [2.75, 3.05) is 10.5 Å². The number of alkyl halides is 3. The average molecular weight is 346 g/mol. The molecule has 0 aliphatic carbocycles. The Kier molecular flexibility index (Phi) is 5.46. The van der Waals surface area contributed by atoms with Crippen molar-refractivity contribution in [1.29, 1.82) is 0 Å². The Labute approximate surface area is 123 Å². The molecule has 0 heterocycles. The molecule has 0 bridgehead atoms. The summed E-state index contributed by atoms with van der Waals surface area (Å²) in [4.78, 5) is 10.7. The minimum Gasteiger partial charge on any atom is -0.478 e. The van der Waals surface area contributed by atoms with Gasteiger partial charge in [0, 0.05) is 6.42 Å². The zero-order valence-corrected chi connectivity index (χ0v) is 12.0. The number of carboxylic acids is 1. The molecule has 0 saturated carbocycles. The van der Waals surface area contributed by atoms with Gasteiger partial charge in [0.25, 0.3) is 0 Å². The largest absolute Gasteiger partial charge is 0.478 e. The summed E-state index contributed by atoms with van der Waals surface area (Å²) in [6.07, 6.45) is -6.21. The van der Waals surface area contributed by atoms with Crippen molar-refractivity contribution < 1.29 is 31.5 Å². The summed E-state index contributed by atoms with van der Waals surface area (Å²) in [6, 6.07) is 3.30. The van der Waals surface area contributed by atoms with Crippen molar-refractivity contribution in [2.24, 2.45) is 0 Å². The van der Waals surface area contributed by atoms with Crippen molar-refractivity contribution in [3.8, 4) is 0 Å². The fourth-order valence-corrected chi connectivity index (χ4v) is 2.84. The topological polar surface area (TPSA) is 83.5 Å². The second-order valence-electron chi connectivity index (χ2n) is 4.14. The number of carboxylic acid groups (broad SMARTS) is 1. The van der Waals surface area contributed by atoms with Crippen molar-refractivity contribution in [3.63, 3.8) is 0 Å². The molecule has 1 aromatic carbocycles. The molecular formula is C11H11ClF3NO4S. The highest BCUT2D eigenvalue weighted by Crippen LogP contribution is 2.25. The third-order valence-electron chi connectivity index (χ3n) is 2.35. The van der Waals surface area contributed by atoms with Gasteiger partial charge in [-0.05, 0) is 24.6 Å². The molecule has 0 spiro atoms. The van der Waals surface area contributed by atoms with Gasteiger partial charge in [-0.15, -0.1) is 0 Å². The fourth-order valence-electron chi connectivity index (χ4n) is 1.41. The lowest BCUT2D eigenvalue weighted by Crippen LogP contribution is -2.19. The minimum absolute atomic E-state index is 0.0892. The molecule has 118 valence electrons. The number of rotatable bonds is 6. The van der Waals surface area contributed by atoms with Gasteiger partial charge in [-0.1, -0.05) is 11.6 Å². The third kappa shape index (κ3) is 6.21. The molecule has 1 aromatic rings. The van der Waals surface area contributed by atoms with Crippen LogP contribution in [-0.4, -0.2) is 31.4 Å². The Morgan fingerprint density at radius 2 is 1.95 bits per heavy atom. The van der Waals surface area contributed by atoms with Crippen LogP contribution in [0.5, 0.6) is 0 Å². The lowest BCUT2D eigenvalue weighted by atomic mass is 10.2. The van der Waals surface area contributed by atoms with Crippen LogP contribution in [0.1, 0.15) is 23.2 Å². The maximum absolute atomic E-state index is 11.9. The van der Waals surface area contributed by atoms with Gasteiger partial charge in [-0.2, -0.15) is 13.2 Å². The molecule has 5 nitrogen and oxygen atoms in total. The molecule has 0 aliphatic rings. The smallest absolute Gasteiger partial charge is 0.389 e. The summed E-state index contributed by atoms with van der Waals surface area (Å²) in [7, 11) is -3.99. The second kappa shape index (κ2) is 6.52. The van der Waals surface area contributed by atoms with Crippen LogP contribution in [0.3, 0.4) is 0 Å². The highest BCUT2D eigenvalue weighted by atomic mass is 35.5. The van der Waals surface area contributed by atoms with Crippen molar-refractivity contribution in [3.05, 3.63) is 28.8 Å². The number of sulfonamides is 1. The van der Waals surface area contributed by atoms with Gasteiger partial charge in [0.1, 0.15) is 0 Å². The van der Waals surface area contributed by atoms with Gasteiger partial charge >= 0.3 is 12.1 Å². The van der Waals surface area contributed by atoms with Crippen LogP contribution in [-0.2, 0) is 10.0 Å². The molecule has 2 N–H and O–H groups in total. The first-order valence-electron chi connectivity index (χ1n) is 5.60. The Balaban J connectivity index is 2.73. The van der Waals surface area contributed by atoms with Crippen LogP contribution in [0.25, 0.3) is 0 Å². The highest BCUT2D eigenvalue weighted by Gasteiger charge is 2.27. The molecule has 1 rings (SSSR count). The molecule has 10 heteroatoms.